The van der Waals surface area contributed by atoms with E-state index in [9.17, 15) is 4.79 Å². The van der Waals surface area contributed by atoms with Crippen molar-refractivity contribution >= 4 is 17.3 Å². The van der Waals surface area contributed by atoms with Gasteiger partial charge in [0.25, 0.3) is 0 Å². The summed E-state index contributed by atoms with van der Waals surface area (Å²) < 4.78 is 5.74. The first-order chi connectivity index (χ1) is 9.45. The minimum absolute atomic E-state index is 0.00406. The van der Waals surface area contributed by atoms with Gasteiger partial charge in [0.1, 0.15) is 0 Å². The Kier molecular flexibility index (Phi) is 4.65. The predicted molar refractivity (Wildman–Crippen MR) is 82.1 cm³/mol. The first-order valence-corrected chi connectivity index (χ1v) is 7.27. The molecule has 4 nitrogen and oxygen atoms in total. The highest BCUT2D eigenvalue weighted by molar-refractivity contribution is 5.92. The van der Waals surface area contributed by atoms with Gasteiger partial charge in [-0.2, -0.15) is 0 Å². The van der Waals surface area contributed by atoms with Crippen molar-refractivity contribution in [1.29, 1.82) is 0 Å². The largest absolute Gasteiger partial charge is 0.372 e. The highest BCUT2D eigenvalue weighted by Gasteiger charge is 2.22. The second kappa shape index (κ2) is 6.27. The van der Waals surface area contributed by atoms with Crippen LogP contribution in [-0.2, 0) is 9.53 Å². The third kappa shape index (κ3) is 3.73. The van der Waals surface area contributed by atoms with Crippen molar-refractivity contribution in [2.45, 2.75) is 39.9 Å². The molecule has 1 aliphatic heterocycles. The zero-order valence-electron chi connectivity index (χ0n) is 12.7. The standard InChI is InChI=1S/C16H24N2O2/c1-11(2)16(19)17-14-5-7-15(8-6-14)18-9-12(3)20-13(4)10-18/h5-8,11-13H,9-10H2,1-4H3,(H,17,19)/t12-,13-/m0/s1. The number of nitrogens with zero attached hydrogens (tertiary/aromatic N) is 1. The molecule has 0 bridgehead atoms. The third-order valence-corrected chi connectivity index (χ3v) is 3.44. The molecule has 0 saturated carbocycles. The van der Waals surface area contributed by atoms with Gasteiger partial charge in [-0.3, -0.25) is 4.79 Å². The van der Waals surface area contributed by atoms with Gasteiger partial charge >= 0.3 is 0 Å². The first kappa shape index (κ1) is 14.9. The van der Waals surface area contributed by atoms with Gasteiger partial charge in [0, 0.05) is 30.4 Å². The zero-order chi connectivity index (χ0) is 14.7. The molecule has 110 valence electrons. The summed E-state index contributed by atoms with van der Waals surface area (Å²) in [6.45, 7) is 9.78. The Morgan fingerprint density at radius 3 is 2.25 bits per heavy atom. The molecule has 1 aliphatic rings. The summed E-state index contributed by atoms with van der Waals surface area (Å²) in [5, 5.41) is 2.91. The van der Waals surface area contributed by atoms with E-state index in [-0.39, 0.29) is 24.0 Å². The first-order valence-electron chi connectivity index (χ1n) is 7.27. The van der Waals surface area contributed by atoms with Crippen molar-refractivity contribution in [1.82, 2.24) is 0 Å². The highest BCUT2D eigenvalue weighted by atomic mass is 16.5. The smallest absolute Gasteiger partial charge is 0.226 e. The van der Waals surface area contributed by atoms with Crippen molar-refractivity contribution in [3.63, 3.8) is 0 Å². The molecule has 2 atom stereocenters. The minimum Gasteiger partial charge on any atom is -0.372 e. The molecule has 0 spiro atoms. The van der Waals surface area contributed by atoms with E-state index in [4.69, 9.17) is 4.74 Å². The van der Waals surface area contributed by atoms with Crippen LogP contribution in [0.25, 0.3) is 0 Å². The van der Waals surface area contributed by atoms with Crippen LogP contribution in [-0.4, -0.2) is 31.2 Å². The lowest BCUT2D eigenvalue weighted by molar-refractivity contribution is -0.118. The fourth-order valence-corrected chi connectivity index (χ4v) is 2.43. The molecule has 1 aromatic carbocycles. The van der Waals surface area contributed by atoms with Crippen molar-refractivity contribution in [3.05, 3.63) is 24.3 Å². The topological polar surface area (TPSA) is 41.6 Å². The van der Waals surface area contributed by atoms with Crippen molar-refractivity contribution in [3.8, 4) is 0 Å². The molecule has 1 fully saturated rings. The molecule has 0 aliphatic carbocycles. The molecule has 0 unspecified atom stereocenters. The third-order valence-electron chi connectivity index (χ3n) is 3.44. The van der Waals surface area contributed by atoms with Gasteiger partial charge in [0.15, 0.2) is 0 Å². The van der Waals surface area contributed by atoms with E-state index in [1.54, 1.807) is 0 Å². The molecule has 20 heavy (non-hydrogen) atoms. The maximum Gasteiger partial charge on any atom is 0.226 e. The normalized spacial score (nSPS) is 22.9. The molecule has 1 heterocycles. The Morgan fingerprint density at radius 1 is 1.20 bits per heavy atom. The lowest BCUT2D eigenvalue weighted by atomic mass is 10.1. The van der Waals surface area contributed by atoms with Gasteiger partial charge in [-0.1, -0.05) is 13.8 Å². The molecule has 2 rings (SSSR count). The van der Waals surface area contributed by atoms with Crippen LogP contribution in [0.1, 0.15) is 27.7 Å². The molecule has 1 amide bonds. The van der Waals surface area contributed by atoms with Crippen LogP contribution in [0.2, 0.25) is 0 Å². The van der Waals surface area contributed by atoms with E-state index in [1.165, 1.54) is 5.69 Å². The van der Waals surface area contributed by atoms with Gasteiger partial charge in [0.2, 0.25) is 5.91 Å². The van der Waals surface area contributed by atoms with Crippen molar-refractivity contribution < 1.29 is 9.53 Å². The molecule has 1 aromatic rings. The number of rotatable bonds is 3. The van der Waals surface area contributed by atoms with Gasteiger partial charge < -0.3 is 15.0 Å². The molecule has 0 radical (unpaired) electrons. The average Bonchev–Trinajstić information content (AvgIpc) is 2.38. The monoisotopic (exact) mass is 276 g/mol. The number of hydrogen-bond donors (Lipinski definition) is 1. The van der Waals surface area contributed by atoms with Gasteiger partial charge in [-0.05, 0) is 38.1 Å². The van der Waals surface area contributed by atoms with E-state index in [0.717, 1.165) is 18.8 Å². The van der Waals surface area contributed by atoms with Gasteiger partial charge in [-0.25, -0.2) is 0 Å². The van der Waals surface area contributed by atoms with Crippen LogP contribution in [0.4, 0.5) is 11.4 Å². The van der Waals surface area contributed by atoms with E-state index in [2.05, 4.69) is 36.2 Å². The second-order valence-electron chi connectivity index (χ2n) is 5.85. The summed E-state index contributed by atoms with van der Waals surface area (Å²) >= 11 is 0. The van der Waals surface area contributed by atoms with Crippen molar-refractivity contribution in [2.24, 2.45) is 5.92 Å². The maximum atomic E-state index is 11.6. The molecule has 0 aromatic heterocycles. The number of amides is 1. The lowest BCUT2D eigenvalue weighted by Crippen LogP contribution is -2.45. The molecule has 1 N–H and O–H groups in total. The van der Waals surface area contributed by atoms with Crippen molar-refractivity contribution in [2.75, 3.05) is 23.3 Å². The highest BCUT2D eigenvalue weighted by Crippen LogP contribution is 2.22. The van der Waals surface area contributed by atoms with E-state index >= 15 is 0 Å². The number of hydrogen-bond acceptors (Lipinski definition) is 3. The fraction of sp³-hybridized carbons (Fsp3) is 0.562. The quantitative estimate of drug-likeness (QED) is 0.923. The van der Waals surface area contributed by atoms with Crippen LogP contribution < -0.4 is 10.2 Å². The summed E-state index contributed by atoms with van der Waals surface area (Å²) in [6.07, 6.45) is 0.498. The summed E-state index contributed by atoms with van der Waals surface area (Å²) in [5.41, 5.74) is 2.02. The molecule has 4 heteroatoms. The lowest BCUT2D eigenvalue weighted by Gasteiger charge is -2.36. The summed E-state index contributed by atoms with van der Waals surface area (Å²) in [6, 6.07) is 8.03. The van der Waals surface area contributed by atoms with Crippen LogP contribution in [0.3, 0.4) is 0 Å². The Morgan fingerprint density at radius 2 is 1.75 bits per heavy atom. The number of carbonyl (C=O) groups is 1. The minimum atomic E-state index is -0.00406. The van der Waals surface area contributed by atoms with Gasteiger partial charge in [-0.15, -0.1) is 0 Å². The Labute approximate surface area is 121 Å². The van der Waals surface area contributed by atoms with Gasteiger partial charge in [0.05, 0.1) is 12.2 Å². The molecular weight excluding hydrogens is 252 g/mol. The fourth-order valence-electron chi connectivity index (χ4n) is 2.43. The van der Waals surface area contributed by atoms with Crippen LogP contribution >= 0.6 is 0 Å². The van der Waals surface area contributed by atoms with Crippen LogP contribution in [0, 0.1) is 5.92 Å². The number of benzene rings is 1. The zero-order valence-corrected chi connectivity index (χ0v) is 12.7. The molecular formula is C16H24N2O2. The number of ether oxygens (including phenoxy) is 1. The summed E-state index contributed by atoms with van der Waals surface area (Å²) in [5.74, 6) is 0.0435. The predicted octanol–water partition coefficient (Wildman–Crippen LogP) is 2.89. The van der Waals surface area contributed by atoms with Crippen LogP contribution in [0.5, 0.6) is 0 Å². The SMILES string of the molecule is CC(C)C(=O)Nc1ccc(N2C[C@H](C)O[C@@H](C)C2)cc1. The van der Waals surface area contributed by atoms with E-state index in [1.807, 2.05) is 26.0 Å². The Balaban J connectivity index is 2.02. The summed E-state index contributed by atoms with van der Waals surface area (Å²) in [4.78, 5) is 14.0. The second-order valence-corrected chi connectivity index (χ2v) is 5.85. The maximum absolute atomic E-state index is 11.6. The number of morpholine rings is 1. The van der Waals surface area contributed by atoms with Crippen LogP contribution in [0.15, 0.2) is 24.3 Å². The Bertz CT molecular complexity index is 446. The average molecular weight is 276 g/mol. The Hall–Kier alpha value is -1.55. The molecule has 1 saturated heterocycles. The number of nitrogens with one attached hydrogen (secondary N) is 1. The summed E-state index contributed by atoms with van der Waals surface area (Å²) in [7, 11) is 0. The number of carbonyl (C=O) groups excluding carboxylic acids is 1. The van der Waals surface area contributed by atoms with E-state index < -0.39 is 0 Å². The number of anilines is 2. The van der Waals surface area contributed by atoms with E-state index in [0.29, 0.717) is 0 Å².